The highest BCUT2D eigenvalue weighted by Crippen LogP contribution is 2.45. The fraction of sp³-hybridized carbons (Fsp3) is 0.500. The quantitative estimate of drug-likeness (QED) is 0.896. The van der Waals surface area contributed by atoms with Crippen LogP contribution in [0.1, 0.15) is 31.2 Å². The highest BCUT2D eigenvalue weighted by molar-refractivity contribution is 9.10. The second-order valence-electron chi connectivity index (χ2n) is 5.23. The van der Waals surface area contributed by atoms with Crippen molar-refractivity contribution in [1.82, 2.24) is 0 Å². The fourth-order valence-electron chi connectivity index (χ4n) is 3.33. The molecule has 0 saturated heterocycles. The van der Waals surface area contributed by atoms with Crippen LogP contribution < -0.4 is 5.32 Å². The minimum Gasteiger partial charge on any atom is -0.382 e. The molecule has 2 bridgehead atoms. The summed E-state index contributed by atoms with van der Waals surface area (Å²) in [7, 11) is 0. The van der Waals surface area contributed by atoms with Crippen LogP contribution in [0, 0.1) is 23.2 Å². The van der Waals surface area contributed by atoms with Crippen LogP contribution in [-0.2, 0) is 0 Å². The summed E-state index contributed by atoms with van der Waals surface area (Å²) in [5.41, 5.74) is 1.83. The molecule has 0 spiro atoms. The summed E-state index contributed by atoms with van der Waals surface area (Å²) in [4.78, 5) is 0. The van der Waals surface area contributed by atoms with Crippen LogP contribution >= 0.6 is 15.9 Å². The first kappa shape index (κ1) is 11.1. The molecule has 2 aliphatic rings. The summed E-state index contributed by atoms with van der Waals surface area (Å²) in [5.74, 6) is 1.83. The molecule has 3 heteroatoms. The van der Waals surface area contributed by atoms with E-state index in [0.717, 1.165) is 22.0 Å². The van der Waals surface area contributed by atoms with Gasteiger partial charge in [-0.05, 0) is 65.2 Å². The van der Waals surface area contributed by atoms with Crippen molar-refractivity contribution < 1.29 is 0 Å². The number of hydrogen-bond donors (Lipinski definition) is 1. The molecule has 1 aromatic rings. The molecule has 1 aromatic carbocycles. The van der Waals surface area contributed by atoms with Crippen LogP contribution in [0.4, 0.5) is 5.69 Å². The van der Waals surface area contributed by atoms with Crippen molar-refractivity contribution in [2.45, 2.75) is 31.7 Å². The van der Waals surface area contributed by atoms with Crippen molar-refractivity contribution in [1.29, 1.82) is 5.26 Å². The third kappa shape index (κ3) is 2.07. The number of rotatable bonds is 2. The largest absolute Gasteiger partial charge is 0.382 e. The summed E-state index contributed by atoms with van der Waals surface area (Å²) in [6.07, 6.45) is 5.55. The topological polar surface area (TPSA) is 35.8 Å². The predicted molar refractivity (Wildman–Crippen MR) is 71.7 cm³/mol. The second kappa shape index (κ2) is 4.34. The number of halogens is 1. The Morgan fingerprint density at radius 2 is 2.18 bits per heavy atom. The van der Waals surface area contributed by atoms with E-state index in [9.17, 15) is 0 Å². The van der Waals surface area contributed by atoms with Gasteiger partial charge in [0.15, 0.2) is 0 Å². The van der Waals surface area contributed by atoms with E-state index in [0.29, 0.717) is 11.6 Å². The van der Waals surface area contributed by atoms with E-state index in [2.05, 4.69) is 27.3 Å². The van der Waals surface area contributed by atoms with Gasteiger partial charge in [0.25, 0.3) is 0 Å². The zero-order chi connectivity index (χ0) is 11.8. The molecule has 1 N–H and O–H groups in total. The number of nitrogens with zero attached hydrogens (tertiary/aromatic N) is 1. The minimum absolute atomic E-state index is 0.647. The lowest BCUT2D eigenvalue weighted by Gasteiger charge is -2.24. The summed E-state index contributed by atoms with van der Waals surface area (Å²) >= 11 is 3.44. The molecular weight excluding hydrogens is 276 g/mol. The molecular formula is C14H15BrN2. The van der Waals surface area contributed by atoms with E-state index in [1.165, 1.54) is 25.7 Å². The Balaban J connectivity index is 1.74. The smallest absolute Gasteiger partial charge is 0.100 e. The predicted octanol–water partition coefficient (Wildman–Crippen LogP) is 3.92. The molecule has 3 unspecified atom stereocenters. The zero-order valence-electron chi connectivity index (χ0n) is 9.62. The van der Waals surface area contributed by atoms with Gasteiger partial charge in [0.1, 0.15) is 6.07 Å². The van der Waals surface area contributed by atoms with Gasteiger partial charge in [0, 0.05) is 16.2 Å². The molecule has 17 heavy (non-hydrogen) atoms. The van der Waals surface area contributed by atoms with Crippen LogP contribution in [-0.4, -0.2) is 6.04 Å². The van der Waals surface area contributed by atoms with Crippen molar-refractivity contribution in [2.24, 2.45) is 11.8 Å². The standard InChI is InChI=1S/C14H15BrN2/c15-13-7-12(4-3-11(13)8-16)17-14-6-9-1-2-10(14)5-9/h3-4,7,9-10,14,17H,1-2,5-6H2. The lowest BCUT2D eigenvalue weighted by Crippen LogP contribution is -2.25. The number of nitriles is 1. The highest BCUT2D eigenvalue weighted by Gasteiger charge is 2.39. The van der Waals surface area contributed by atoms with Gasteiger partial charge in [-0.1, -0.05) is 6.42 Å². The molecule has 0 heterocycles. The summed E-state index contributed by atoms with van der Waals surface area (Å²) in [6, 6.07) is 8.72. The van der Waals surface area contributed by atoms with Gasteiger partial charge in [-0.2, -0.15) is 5.26 Å². The van der Waals surface area contributed by atoms with Crippen molar-refractivity contribution in [2.75, 3.05) is 5.32 Å². The highest BCUT2D eigenvalue weighted by atomic mass is 79.9. The molecule has 2 saturated carbocycles. The van der Waals surface area contributed by atoms with E-state index >= 15 is 0 Å². The maximum atomic E-state index is 8.88. The van der Waals surface area contributed by atoms with Crippen molar-refractivity contribution in [3.05, 3.63) is 28.2 Å². The van der Waals surface area contributed by atoms with Crippen LogP contribution in [0.2, 0.25) is 0 Å². The lowest BCUT2D eigenvalue weighted by atomic mass is 9.95. The Kier molecular flexibility index (Phi) is 2.84. The van der Waals surface area contributed by atoms with Gasteiger partial charge in [0.05, 0.1) is 5.56 Å². The summed E-state index contributed by atoms with van der Waals surface area (Å²) < 4.78 is 0.883. The van der Waals surface area contributed by atoms with Crippen LogP contribution in [0.15, 0.2) is 22.7 Å². The maximum Gasteiger partial charge on any atom is 0.100 e. The first-order chi connectivity index (χ1) is 8.26. The zero-order valence-corrected chi connectivity index (χ0v) is 11.2. The normalized spacial score (nSPS) is 30.2. The molecule has 0 aliphatic heterocycles. The van der Waals surface area contributed by atoms with Crippen LogP contribution in [0.5, 0.6) is 0 Å². The Bertz CT molecular complexity index is 478. The van der Waals surface area contributed by atoms with Gasteiger partial charge in [-0.3, -0.25) is 0 Å². The van der Waals surface area contributed by atoms with Crippen molar-refractivity contribution >= 4 is 21.6 Å². The van der Waals surface area contributed by atoms with E-state index in [1.807, 2.05) is 18.2 Å². The van der Waals surface area contributed by atoms with Gasteiger partial charge in [-0.25, -0.2) is 0 Å². The monoisotopic (exact) mass is 290 g/mol. The van der Waals surface area contributed by atoms with Crippen molar-refractivity contribution in [3.8, 4) is 6.07 Å². The van der Waals surface area contributed by atoms with Crippen molar-refractivity contribution in [3.63, 3.8) is 0 Å². The van der Waals surface area contributed by atoms with Gasteiger partial charge >= 0.3 is 0 Å². The molecule has 0 aromatic heterocycles. The average molecular weight is 291 g/mol. The number of hydrogen-bond acceptors (Lipinski definition) is 2. The van der Waals surface area contributed by atoms with Gasteiger partial charge < -0.3 is 5.32 Å². The second-order valence-corrected chi connectivity index (χ2v) is 6.09. The molecule has 2 fully saturated rings. The number of nitrogens with one attached hydrogen (secondary N) is 1. The van der Waals surface area contributed by atoms with Crippen LogP contribution in [0.25, 0.3) is 0 Å². The number of anilines is 1. The molecule has 0 amide bonds. The Morgan fingerprint density at radius 1 is 1.29 bits per heavy atom. The Labute approximate surface area is 110 Å². The molecule has 0 radical (unpaired) electrons. The average Bonchev–Trinajstić information content (AvgIpc) is 2.91. The first-order valence-electron chi connectivity index (χ1n) is 6.22. The minimum atomic E-state index is 0.647. The van der Waals surface area contributed by atoms with E-state index in [4.69, 9.17) is 5.26 Å². The Morgan fingerprint density at radius 3 is 2.76 bits per heavy atom. The summed E-state index contributed by atoms with van der Waals surface area (Å²) in [5, 5.41) is 12.5. The molecule has 2 aliphatic carbocycles. The molecule has 3 atom stereocenters. The third-order valence-electron chi connectivity index (χ3n) is 4.18. The van der Waals surface area contributed by atoms with Crippen LogP contribution in [0.3, 0.4) is 0 Å². The first-order valence-corrected chi connectivity index (χ1v) is 7.02. The van der Waals surface area contributed by atoms with E-state index in [1.54, 1.807) is 0 Å². The fourth-order valence-corrected chi connectivity index (χ4v) is 3.80. The SMILES string of the molecule is N#Cc1ccc(NC2CC3CCC2C3)cc1Br. The third-order valence-corrected chi connectivity index (χ3v) is 4.84. The maximum absolute atomic E-state index is 8.88. The lowest BCUT2D eigenvalue weighted by molar-refractivity contribution is 0.440. The summed E-state index contributed by atoms with van der Waals surface area (Å²) in [6.45, 7) is 0. The molecule has 3 rings (SSSR count). The van der Waals surface area contributed by atoms with E-state index < -0.39 is 0 Å². The molecule has 88 valence electrons. The number of benzene rings is 1. The number of fused-ring (bicyclic) bond motifs is 2. The van der Waals surface area contributed by atoms with Gasteiger partial charge in [0.2, 0.25) is 0 Å². The Hall–Kier alpha value is -1.01. The van der Waals surface area contributed by atoms with Gasteiger partial charge in [-0.15, -0.1) is 0 Å². The molecule has 2 nitrogen and oxygen atoms in total. The van der Waals surface area contributed by atoms with E-state index in [-0.39, 0.29) is 0 Å².